The van der Waals surface area contributed by atoms with Crippen molar-refractivity contribution in [3.8, 4) is 0 Å². The second-order valence-electron chi connectivity index (χ2n) is 6.37. The molecule has 0 bridgehead atoms. The Labute approximate surface area is 153 Å². The fourth-order valence-corrected chi connectivity index (χ4v) is 2.69. The van der Waals surface area contributed by atoms with Gasteiger partial charge in [0.15, 0.2) is 6.29 Å². The molecule has 152 valence electrons. The fourth-order valence-electron chi connectivity index (χ4n) is 2.69. The Balaban J connectivity index is 2.15. The second-order valence-corrected chi connectivity index (χ2v) is 6.37. The number of aliphatic hydroxyl groups is 4. The van der Waals surface area contributed by atoms with E-state index in [4.69, 9.17) is 14.6 Å². The standard InChI is InChI=1S/C17H31NO8/c1-2-18-13(21)8-4-3-6-11(20)7-5-9-25-17-16(24)15(23)14(22)12(10-19)26-17/h12,14-17,19,22-24H,2-10H2,1H3,(H,18,21)/t12-,14-,15+,16+,17-/m1/s1. The molecule has 0 aliphatic carbocycles. The summed E-state index contributed by atoms with van der Waals surface area (Å²) < 4.78 is 10.5. The summed E-state index contributed by atoms with van der Waals surface area (Å²) in [6.07, 6.45) is -3.64. The smallest absolute Gasteiger partial charge is 0.219 e. The predicted molar refractivity (Wildman–Crippen MR) is 91.1 cm³/mol. The Morgan fingerprint density at radius 2 is 1.65 bits per heavy atom. The van der Waals surface area contributed by atoms with Gasteiger partial charge >= 0.3 is 0 Å². The maximum atomic E-state index is 11.8. The van der Waals surface area contributed by atoms with E-state index >= 15 is 0 Å². The van der Waals surface area contributed by atoms with Crippen molar-refractivity contribution in [2.24, 2.45) is 0 Å². The molecule has 1 aliphatic heterocycles. The molecule has 0 aromatic rings. The maximum absolute atomic E-state index is 11.8. The van der Waals surface area contributed by atoms with Crippen LogP contribution in [0.2, 0.25) is 0 Å². The first-order valence-electron chi connectivity index (χ1n) is 9.11. The first-order chi connectivity index (χ1) is 12.4. The molecule has 0 aromatic heterocycles. The number of rotatable bonds is 12. The van der Waals surface area contributed by atoms with Gasteiger partial charge in [0.25, 0.3) is 0 Å². The van der Waals surface area contributed by atoms with Crippen LogP contribution in [0.15, 0.2) is 0 Å². The summed E-state index contributed by atoms with van der Waals surface area (Å²) in [4.78, 5) is 23.0. The summed E-state index contributed by atoms with van der Waals surface area (Å²) in [5.74, 6) is 0.0613. The molecule has 9 heteroatoms. The summed E-state index contributed by atoms with van der Waals surface area (Å²) in [5, 5.41) is 40.9. The van der Waals surface area contributed by atoms with Crippen LogP contribution in [0.25, 0.3) is 0 Å². The van der Waals surface area contributed by atoms with Gasteiger partial charge in [0, 0.05) is 25.8 Å². The maximum Gasteiger partial charge on any atom is 0.219 e. The number of ketones is 1. The van der Waals surface area contributed by atoms with Gasteiger partial charge in [0.05, 0.1) is 13.2 Å². The van der Waals surface area contributed by atoms with Crippen LogP contribution in [0.5, 0.6) is 0 Å². The van der Waals surface area contributed by atoms with Crippen molar-refractivity contribution in [3.63, 3.8) is 0 Å². The monoisotopic (exact) mass is 377 g/mol. The molecule has 0 radical (unpaired) electrons. The van der Waals surface area contributed by atoms with Gasteiger partial charge < -0.3 is 35.2 Å². The normalized spacial score (nSPS) is 28.7. The number of unbranched alkanes of at least 4 members (excludes halogenated alkanes) is 1. The highest BCUT2D eigenvalue weighted by Gasteiger charge is 2.43. The zero-order valence-corrected chi connectivity index (χ0v) is 15.2. The zero-order valence-electron chi connectivity index (χ0n) is 15.2. The van der Waals surface area contributed by atoms with Crippen LogP contribution >= 0.6 is 0 Å². The number of ether oxygens (including phenoxy) is 2. The lowest BCUT2D eigenvalue weighted by Crippen LogP contribution is -2.59. The van der Waals surface area contributed by atoms with Crippen LogP contribution in [0.1, 0.15) is 45.4 Å². The van der Waals surface area contributed by atoms with Gasteiger partial charge in [-0.2, -0.15) is 0 Å². The quantitative estimate of drug-likeness (QED) is 0.268. The molecule has 1 amide bonds. The third kappa shape index (κ3) is 7.65. The zero-order chi connectivity index (χ0) is 19.5. The van der Waals surface area contributed by atoms with E-state index in [-0.39, 0.29) is 18.3 Å². The van der Waals surface area contributed by atoms with Crippen molar-refractivity contribution in [2.75, 3.05) is 19.8 Å². The lowest BCUT2D eigenvalue weighted by Gasteiger charge is -2.39. The van der Waals surface area contributed by atoms with Gasteiger partial charge in [-0.25, -0.2) is 0 Å². The summed E-state index contributed by atoms with van der Waals surface area (Å²) in [7, 11) is 0. The minimum Gasteiger partial charge on any atom is -0.394 e. The molecule has 0 aromatic carbocycles. The van der Waals surface area contributed by atoms with E-state index in [1.54, 1.807) is 0 Å². The van der Waals surface area contributed by atoms with E-state index in [9.17, 15) is 24.9 Å². The molecule has 0 unspecified atom stereocenters. The molecule has 26 heavy (non-hydrogen) atoms. The van der Waals surface area contributed by atoms with Crippen LogP contribution in [-0.2, 0) is 19.1 Å². The molecule has 9 nitrogen and oxygen atoms in total. The van der Waals surface area contributed by atoms with Crippen LogP contribution in [0.3, 0.4) is 0 Å². The fraction of sp³-hybridized carbons (Fsp3) is 0.882. The number of carbonyl (C=O) groups excluding carboxylic acids is 2. The van der Waals surface area contributed by atoms with Gasteiger partial charge in [-0.15, -0.1) is 0 Å². The van der Waals surface area contributed by atoms with Crippen LogP contribution in [-0.4, -0.2) is 82.6 Å². The minimum atomic E-state index is -1.47. The Kier molecular flexibility index (Phi) is 10.9. The first kappa shape index (κ1) is 22.9. The number of Topliss-reactive ketones (excluding diaryl/α,β-unsaturated/α-hetero) is 1. The topological polar surface area (TPSA) is 146 Å². The van der Waals surface area contributed by atoms with Crippen LogP contribution < -0.4 is 5.32 Å². The van der Waals surface area contributed by atoms with Gasteiger partial charge in [-0.1, -0.05) is 0 Å². The number of aliphatic hydroxyl groups excluding tert-OH is 4. The number of amides is 1. The summed E-state index contributed by atoms with van der Waals surface area (Å²) in [6, 6.07) is 0. The predicted octanol–water partition coefficient (Wildman–Crippen LogP) is -1.15. The Hall–Kier alpha value is -1.10. The molecule has 5 atom stereocenters. The highest BCUT2D eigenvalue weighted by atomic mass is 16.7. The van der Waals surface area contributed by atoms with Crippen molar-refractivity contribution in [2.45, 2.75) is 76.2 Å². The van der Waals surface area contributed by atoms with Gasteiger partial charge in [0.1, 0.15) is 30.2 Å². The summed E-state index contributed by atoms with van der Waals surface area (Å²) in [6.45, 7) is 2.08. The number of nitrogens with one attached hydrogen (secondary N) is 1. The molecule has 5 N–H and O–H groups in total. The van der Waals surface area contributed by atoms with Crippen molar-refractivity contribution in [1.29, 1.82) is 0 Å². The van der Waals surface area contributed by atoms with Crippen LogP contribution in [0, 0.1) is 0 Å². The van der Waals surface area contributed by atoms with Crippen LogP contribution in [0.4, 0.5) is 0 Å². The highest BCUT2D eigenvalue weighted by molar-refractivity contribution is 5.78. The molecule has 1 heterocycles. The molecule has 1 rings (SSSR count). The summed E-state index contributed by atoms with van der Waals surface area (Å²) >= 11 is 0. The van der Waals surface area contributed by atoms with E-state index in [1.807, 2.05) is 6.92 Å². The Morgan fingerprint density at radius 1 is 1.00 bits per heavy atom. The largest absolute Gasteiger partial charge is 0.394 e. The molecule has 1 saturated heterocycles. The molecule has 0 saturated carbocycles. The molecule has 1 fully saturated rings. The lowest BCUT2D eigenvalue weighted by molar-refractivity contribution is -0.301. The van der Waals surface area contributed by atoms with Gasteiger partial charge in [-0.05, 0) is 26.2 Å². The molecular formula is C17H31NO8. The van der Waals surface area contributed by atoms with Crippen molar-refractivity contribution < 1.29 is 39.5 Å². The van der Waals surface area contributed by atoms with Gasteiger partial charge in [-0.3, -0.25) is 9.59 Å². The van der Waals surface area contributed by atoms with Crippen molar-refractivity contribution >= 4 is 11.7 Å². The highest BCUT2D eigenvalue weighted by Crippen LogP contribution is 2.22. The summed E-state index contributed by atoms with van der Waals surface area (Å²) in [5.41, 5.74) is 0. The average Bonchev–Trinajstić information content (AvgIpc) is 2.62. The molecule has 1 aliphatic rings. The molecule has 0 spiro atoms. The Bertz CT molecular complexity index is 431. The third-order valence-corrected chi connectivity index (χ3v) is 4.21. The van der Waals surface area contributed by atoms with E-state index in [1.165, 1.54) is 0 Å². The number of hydrogen-bond acceptors (Lipinski definition) is 8. The second kappa shape index (κ2) is 12.3. The van der Waals surface area contributed by atoms with Crippen molar-refractivity contribution in [3.05, 3.63) is 0 Å². The van der Waals surface area contributed by atoms with Crippen molar-refractivity contribution in [1.82, 2.24) is 5.32 Å². The minimum absolute atomic E-state index is 0.00659. The van der Waals surface area contributed by atoms with E-state index < -0.39 is 37.3 Å². The first-order valence-corrected chi connectivity index (χ1v) is 9.11. The van der Waals surface area contributed by atoms with E-state index in [0.29, 0.717) is 45.1 Å². The number of carbonyl (C=O) groups is 2. The van der Waals surface area contributed by atoms with E-state index in [2.05, 4.69) is 5.32 Å². The average molecular weight is 377 g/mol. The van der Waals surface area contributed by atoms with Gasteiger partial charge in [0.2, 0.25) is 5.91 Å². The number of hydrogen-bond donors (Lipinski definition) is 5. The SMILES string of the molecule is CCNC(=O)CCCCC(=O)CCCO[C@@H]1O[C@H](CO)[C@@H](O)[C@H](O)[C@@H]1O. The third-order valence-electron chi connectivity index (χ3n) is 4.21. The molecular weight excluding hydrogens is 346 g/mol. The van der Waals surface area contributed by atoms with E-state index in [0.717, 1.165) is 0 Å². The Morgan fingerprint density at radius 3 is 2.31 bits per heavy atom. The lowest BCUT2D eigenvalue weighted by atomic mass is 9.99.